The molecule has 0 radical (unpaired) electrons. The third-order valence-electron chi connectivity index (χ3n) is 2.59. The fourth-order valence-corrected chi connectivity index (χ4v) is 2.86. The molecule has 0 saturated heterocycles. The molecule has 6 heteroatoms. The van der Waals surface area contributed by atoms with E-state index in [0.717, 1.165) is 5.56 Å². The zero-order chi connectivity index (χ0) is 13.9. The van der Waals surface area contributed by atoms with Crippen LogP contribution in [0.2, 0.25) is 5.02 Å². The SMILES string of the molecule is Nc1ccccc1S(=O)(=O)NCc1ccc(Cl)cc1. The summed E-state index contributed by atoms with van der Waals surface area (Å²) in [6.07, 6.45) is 0. The molecule has 0 amide bonds. The summed E-state index contributed by atoms with van der Waals surface area (Å²) in [4.78, 5) is 0.0870. The molecule has 0 atom stereocenters. The zero-order valence-electron chi connectivity index (χ0n) is 10.0. The van der Waals surface area contributed by atoms with Crippen molar-refractivity contribution >= 4 is 27.3 Å². The third-order valence-corrected chi connectivity index (χ3v) is 4.32. The summed E-state index contributed by atoms with van der Waals surface area (Å²) in [6, 6.07) is 13.3. The molecule has 2 aromatic rings. The molecule has 4 nitrogen and oxygen atoms in total. The minimum atomic E-state index is -3.61. The molecule has 0 aliphatic heterocycles. The van der Waals surface area contributed by atoms with Gasteiger partial charge in [0.25, 0.3) is 0 Å². The summed E-state index contributed by atoms with van der Waals surface area (Å²) >= 11 is 5.76. The number of hydrogen-bond donors (Lipinski definition) is 2. The number of nitrogens with one attached hydrogen (secondary N) is 1. The Morgan fingerprint density at radius 1 is 1.05 bits per heavy atom. The zero-order valence-corrected chi connectivity index (χ0v) is 11.6. The first-order valence-corrected chi connectivity index (χ1v) is 7.44. The second-order valence-electron chi connectivity index (χ2n) is 3.99. The van der Waals surface area contributed by atoms with E-state index in [2.05, 4.69) is 4.72 Å². The molecule has 0 spiro atoms. The van der Waals surface area contributed by atoms with Gasteiger partial charge in [-0.3, -0.25) is 0 Å². The molecule has 0 saturated carbocycles. The van der Waals surface area contributed by atoms with Crippen molar-refractivity contribution < 1.29 is 8.42 Å². The highest BCUT2D eigenvalue weighted by molar-refractivity contribution is 7.89. The fraction of sp³-hybridized carbons (Fsp3) is 0.0769. The van der Waals surface area contributed by atoms with Crippen molar-refractivity contribution in [2.75, 3.05) is 5.73 Å². The fourth-order valence-electron chi connectivity index (χ4n) is 1.58. The van der Waals surface area contributed by atoms with Crippen molar-refractivity contribution in [2.24, 2.45) is 0 Å². The van der Waals surface area contributed by atoms with Gasteiger partial charge in [-0.1, -0.05) is 35.9 Å². The van der Waals surface area contributed by atoms with Crippen molar-refractivity contribution in [3.05, 3.63) is 59.1 Å². The number of nitrogen functional groups attached to an aromatic ring is 1. The van der Waals surface area contributed by atoms with E-state index < -0.39 is 10.0 Å². The molecule has 0 aliphatic rings. The Kier molecular flexibility index (Phi) is 4.09. The lowest BCUT2D eigenvalue weighted by atomic mass is 10.2. The van der Waals surface area contributed by atoms with Crippen molar-refractivity contribution in [3.8, 4) is 0 Å². The smallest absolute Gasteiger partial charge is 0.242 e. The van der Waals surface area contributed by atoms with Crippen LogP contribution in [0, 0.1) is 0 Å². The lowest BCUT2D eigenvalue weighted by molar-refractivity contribution is 0.582. The van der Waals surface area contributed by atoms with Crippen molar-refractivity contribution in [1.82, 2.24) is 4.72 Å². The van der Waals surface area contributed by atoms with Gasteiger partial charge in [-0.05, 0) is 29.8 Å². The molecule has 0 aromatic heterocycles. The van der Waals surface area contributed by atoms with Crippen molar-refractivity contribution in [3.63, 3.8) is 0 Å². The van der Waals surface area contributed by atoms with E-state index in [9.17, 15) is 8.42 Å². The van der Waals surface area contributed by atoms with Crippen LogP contribution in [0.5, 0.6) is 0 Å². The molecule has 0 bridgehead atoms. The molecule has 0 heterocycles. The maximum Gasteiger partial charge on any atom is 0.242 e. The van der Waals surface area contributed by atoms with E-state index in [-0.39, 0.29) is 17.1 Å². The van der Waals surface area contributed by atoms with Crippen LogP contribution >= 0.6 is 11.6 Å². The van der Waals surface area contributed by atoms with Crippen LogP contribution in [-0.4, -0.2) is 8.42 Å². The van der Waals surface area contributed by atoms with Gasteiger partial charge in [-0.2, -0.15) is 0 Å². The second kappa shape index (κ2) is 5.61. The largest absolute Gasteiger partial charge is 0.398 e. The molecular weight excluding hydrogens is 284 g/mol. The summed E-state index contributed by atoms with van der Waals surface area (Å²) in [6.45, 7) is 0.188. The average Bonchev–Trinajstić information content (AvgIpc) is 2.38. The average molecular weight is 297 g/mol. The van der Waals surface area contributed by atoms with Crippen LogP contribution in [0.15, 0.2) is 53.4 Å². The summed E-state index contributed by atoms with van der Waals surface area (Å²) in [5.74, 6) is 0. The normalized spacial score (nSPS) is 11.4. The highest BCUT2D eigenvalue weighted by Gasteiger charge is 2.16. The van der Waals surface area contributed by atoms with Gasteiger partial charge in [-0.15, -0.1) is 0 Å². The Morgan fingerprint density at radius 2 is 1.68 bits per heavy atom. The maximum atomic E-state index is 12.1. The summed E-state index contributed by atoms with van der Waals surface area (Å²) in [5.41, 5.74) is 6.71. The number of para-hydroxylation sites is 1. The molecule has 19 heavy (non-hydrogen) atoms. The Morgan fingerprint density at radius 3 is 2.32 bits per heavy atom. The van der Waals surface area contributed by atoms with Gasteiger partial charge in [-0.25, -0.2) is 13.1 Å². The van der Waals surface area contributed by atoms with E-state index in [1.165, 1.54) is 6.07 Å². The second-order valence-corrected chi connectivity index (χ2v) is 6.16. The number of benzene rings is 2. The van der Waals surface area contributed by atoms with Gasteiger partial charge >= 0.3 is 0 Å². The van der Waals surface area contributed by atoms with Crippen LogP contribution in [0.25, 0.3) is 0 Å². The van der Waals surface area contributed by atoms with E-state index in [0.29, 0.717) is 5.02 Å². The van der Waals surface area contributed by atoms with Gasteiger partial charge in [0.15, 0.2) is 0 Å². The first kappa shape index (κ1) is 13.9. The third kappa shape index (κ3) is 3.47. The Bertz CT molecular complexity index is 669. The van der Waals surface area contributed by atoms with Gasteiger partial charge < -0.3 is 5.73 Å². The quantitative estimate of drug-likeness (QED) is 0.851. The molecule has 0 aliphatic carbocycles. The maximum absolute atomic E-state index is 12.1. The van der Waals surface area contributed by atoms with Crippen LogP contribution in [0.4, 0.5) is 5.69 Å². The highest BCUT2D eigenvalue weighted by Crippen LogP contribution is 2.17. The van der Waals surface area contributed by atoms with Crippen molar-refractivity contribution in [2.45, 2.75) is 11.4 Å². The van der Waals surface area contributed by atoms with Gasteiger partial charge in [0, 0.05) is 11.6 Å². The number of sulfonamides is 1. The van der Waals surface area contributed by atoms with Gasteiger partial charge in [0.1, 0.15) is 4.90 Å². The number of nitrogens with two attached hydrogens (primary N) is 1. The number of rotatable bonds is 4. The molecular formula is C13H13ClN2O2S. The number of hydrogen-bond acceptors (Lipinski definition) is 3. The van der Waals surface area contributed by atoms with Gasteiger partial charge in [0.05, 0.1) is 5.69 Å². The molecule has 0 unspecified atom stereocenters. The van der Waals surface area contributed by atoms with E-state index >= 15 is 0 Å². The summed E-state index contributed by atoms with van der Waals surface area (Å²) in [5, 5.41) is 0.610. The predicted octanol–water partition coefficient (Wildman–Crippen LogP) is 2.40. The van der Waals surface area contributed by atoms with E-state index in [1.54, 1.807) is 42.5 Å². The van der Waals surface area contributed by atoms with Gasteiger partial charge in [0.2, 0.25) is 10.0 Å². The van der Waals surface area contributed by atoms with E-state index in [4.69, 9.17) is 17.3 Å². The predicted molar refractivity (Wildman–Crippen MR) is 76.3 cm³/mol. The minimum absolute atomic E-state index is 0.0870. The first-order chi connectivity index (χ1) is 8.99. The lowest BCUT2D eigenvalue weighted by Gasteiger charge is -2.09. The van der Waals surface area contributed by atoms with Crippen LogP contribution in [0.1, 0.15) is 5.56 Å². The topological polar surface area (TPSA) is 72.2 Å². The van der Waals surface area contributed by atoms with Crippen LogP contribution in [-0.2, 0) is 16.6 Å². The molecule has 2 rings (SSSR count). The number of anilines is 1. The molecule has 2 aromatic carbocycles. The minimum Gasteiger partial charge on any atom is -0.398 e. The molecule has 100 valence electrons. The lowest BCUT2D eigenvalue weighted by Crippen LogP contribution is -2.24. The Hall–Kier alpha value is -1.56. The Balaban J connectivity index is 2.14. The van der Waals surface area contributed by atoms with Crippen LogP contribution < -0.4 is 10.5 Å². The monoisotopic (exact) mass is 296 g/mol. The van der Waals surface area contributed by atoms with E-state index in [1.807, 2.05) is 0 Å². The van der Waals surface area contributed by atoms with Crippen LogP contribution in [0.3, 0.4) is 0 Å². The molecule has 0 fully saturated rings. The summed E-state index contributed by atoms with van der Waals surface area (Å²) in [7, 11) is -3.61. The highest BCUT2D eigenvalue weighted by atomic mass is 35.5. The summed E-state index contributed by atoms with van der Waals surface area (Å²) < 4.78 is 26.7. The number of halogens is 1. The standard InChI is InChI=1S/C13H13ClN2O2S/c14-11-7-5-10(6-8-11)9-16-19(17,18)13-4-2-1-3-12(13)15/h1-8,16H,9,15H2. The molecule has 3 N–H and O–H groups in total. The Labute approximate surface area is 117 Å². The van der Waals surface area contributed by atoms with Crippen molar-refractivity contribution in [1.29, 1.82) is 0 Å². The first-order valence-electron chi connectivity index (χ1n) is 5.58.